The van der Waals surface area contributed by atoms with Crippen molar-refractivity contribution in [3.05, 3.63) is 21.4 Å². The molecule has 3 heterocycles. The summed E-state index contributed by atoms with van der Waals surface area (Å²) >= 11 is 1.54. The fourth-order valence-corrected chi connectivity index (χ4v) is 5.28. The van der Waals surface area contributed by atoms with Gasteiger partial charge in [0.05, 0.1) is 18.1 Å². The van der Waals surface area contributed by atoms with Crippen LogP contribution in [0.1, 0.15) is 45.8 Å². The van der Waals surface area contributed by atoms with Gasteiger partial charge in [-0.1, -0.05) is 0 Å². The highest BCUT2D eigenvalue weighted by molar-refractivity contribution is 7.14. The summed E-state index contributed by atoms with van der Waals surface area (Å²) in [7, 11) is 0. The molecular formula is C19H27N3O4S. The molecular weight excluding hydrogens is 366 g/mol. The molecule has 1 aliphatic carbocycles. The monoisotopic (exact) mass is 393 g/mol. The van der Waals surface area contributed by atoms with E-state index in [9.17, 15) is 9.59 Å². The average Bonchev–Trinajstić information content (AvgIpc) is 3.41. The van der Waals surface area contributed by atoms with Gasteiger partial charge >= 0.3 is 0 Å². The second kappa shape index (κ2) is 7.50. The molecule has 2 aliphatic heterocycles. The largest absolute Gasteiger partial charge is 0.394 e. The number of aliphatic hydroxyl groups is 1. The summed E-state index contributed by atoms with van der Waals surface area (Å²) in [6, 6.07) is 1.16. The lowest BCUT2D eigenvalue weighted by Gasteiger charge is -2.44. The molecule has 1 unspecified atom stereocenters. The van der Waals surface area contributed by atoms with Crippen molar-refractivity contribution in [2.45, 2.75) is 43.7 Å². The number of likely N-dealkylation sites (tertiary alicyclic amines) is 1. The van der Waals surface area contributed by atoms with Crippen LogP contribution in [0.15, 0.2) is 6.07 Å². The lowest BCUT2D eigenvalue weighted by molar-refractivity contribution is -0.142. The molecule has 0 aromatic carbocycles. The van der Waals surface area contributed by atoms with Crippen molar-refractivity contribution in [2.75, 3.05) is 32.8 Å². The van der Waals surface area contributed by atoms with Crippen LogP contribution < -0.4 is 11.1 Å². The van der Waals surface area contributed by atoms with Gasteiger partial charge in [0.2, 0.25) is 5.91 Å². The minimum absolute atomic E-state index is 0.0120. The molecule has 1 aromatic rings. The molecule has 4 rings (SSSR count). The first kappa shape index (κ1) is 18.9. The molecule has 1 atom stereocenters. The van der Waals surface area contributed by atoms with Crippen LogP contribution in [0.4, 0.5) is 0 Å². The average molecular weight is 394 g/mol. The number of nitrogens with one attached hydrogen (secondary N) is 1. The second-order valence-electron chi connectivity index (χ2n) is 7.83. The van der Waals surface area contributed by atoms with E-state index in [4.69, 9.17) is 15.6 Å². The van der Waals surface area contributed by atoms with Gasteiger partial charge in [0.1, 0.15) is 11.6 Å². The summed E-state index contributed by atoms with van der Waals surface area (Å²) in [5.41, 5.74) is 6.46. The van der Waals surface area contributed by atoms with Crippen molar-refractivity contribution in [1.82, 2.24) is 10.2 Å². The molecule has 0 radical (unpaired) electrons. The second-order valence-corrected chi connectivity index (χ2v) is 8.88. The highest BCUT2D eigenvalue weighted by Crippen LogP contribution is 2.45. The molecule has 27 heavy (non-hydrogen) atoms. The number of aliphatic hydroxyl groups excluding tert-OH is 1. The molecule has 2 fully saturated rings. The van der Waals surface area contributed by atoms with Crippen LogP contribution >= 0.6 is 11.3 Å². The van der Waals surface area contributed by atoms with Gasteiger partial charge in [-0.15, -0.1) is 11.3 Å². The van der Waals surface area contributed by atoms with Gasteiger partial charge in [0.15, 0.2) is 0 Å². The van der Waals surface area contributed by atoms with E-state index in [1.54, 1.807) is 4.90 Å². The van der Waals surface area contributed by atoms with Crippen LogP contribution in [-0.4, -0.2) is 60.7 Å². The van der Waals surface area contributed by atoms with Gasteiger partial charge < -0.3 is 25.8 Å². The summed E-state index contributed by atoms with van der Waals surface area (Å²) in [6.45, 7) is 2.16. The van der Waals surface area contributed by atoms with E-state index in [1.807, 2.05) is 6.07 Å². The quantitative estimate of drug-likeness (QED) is 0.679. The number of carbonyl (C=O) groups excluding carboxylic acids is 2. The highest BCUT2D eigenvalue weighted by atomic mass is 32.1. The Bertz CT molecular complexity index is 723. The molecule has 4 N–H and O–H groups in total. The summed E-state index contributed by atoms with van der Waals surface area (Å²) in [6.07, 6.45) is 4.63. The molecule has 148 valence electrons. The Labute approximate surface area is 162 Å². The number of ether oxygens (including phenoxy) is 1. The molecule has 3 aliphatic rings. The number of nitrogens with two attached hydrogens (primary N) is 1. The van der Waals surface area contributed by atoms with Crippen LogP contribution in [0.5, 0.6) is 0 Å². The lowest BCUT2D eigenvalue weighted by atomic mass is 9.85. The number of amides is 2. The van der Waals surface area contributed by atoms with E-state index >= 15 is 0 Å². The van der Waals surface area contributed by atoms with Crippen molar-refractivity contribution in [3.63, 3.8) is 0 Å². The number of hydrogen-bond donors (Lipinski definition) is 3. The van der Waals surface area contributed by atoms with Crippen LogP contribution in [0, 0.1) is 5.92 Å². The molecule has 2 amide bonds. The Morgan fingerprint density at radius 2 is 2.15 bits per heavy atom. The Balaban J connectivity index is 1.46. The molecule has 1 saturated heterocycles. The molecule has 7 nitrogen and oxygen atoms in total. The van der Waals surface area contributed by atoms with E-state index in [0.29, 0.717) is 38.5 Å². The Hall–Kier alpha value is -1.48. The zero-order chi connectivity index (χ0) is 19.0. The number of thiophene rings is 1. The maximum Gasteiger partial charge on any atom is 0.261 e. The molecule has 1 spiro atoms. The third kappa shape index (κ3) is 3.76. The van der Waals surface area contributed by atoms with Gasteiger partial charge in [-0.2, -0.15) is 0 Å². The topological polar surface area (TPSA) is 105 Å². The first-order chi connectivity index (χ1) is 13.0. The number of carbonyl (C=O) groups is 2. The van der Waals surface area contributed by atoms with Crippen LogP contribution in [-0.2, 0) is 21.6 Å². The molecule has 8 heteroatoms. The maximum atomic E-state index is 12.5. The minimum Gasteiger partial charge on any atom is -0.394 e. The van der Waals surface area contributed by atoms with Crippen LogP contribution in [0.25, 0.3) is 0 Å². The molecule has 1 aromatic heterocycles. The standard InChI is InChI=1S/C19H27N3O4S/c20-14(11-23)18(25)22-6-4-19(5-7-22)16-13(3-8-26-19)9-15(27-16)17(24)21-10-12-1-2-12/h9,12,14,23H,1-8,10-11,20H2,(H,21,24). The normalized spacial score (nSPS) is 22.4. The van der Waals surface area contributed by atoms with E-state index in [0.717, 1.165) is 22.7 Å². The summed E-state index contributed by atoms with van der Waals surface area (Å²) in [5.74, 6) is 0.457. The fourth-order valence-electron chi connectivity index (χ4n) is 3.95. The Morgan fingerprint density at radius 1 is 1.41 bits per heavy atom. The number of rotatable bonds is 5. The van der Waals surface area contributed by atoms with Crippen LogP contribution in [0.2, 0.25) is 0 Å². The number of piperidine rings is 1. The predicted octanol–water partition coefficient (Wildman–Crippen LogP) is 0.598. The number of fused-ring (bicyclic) bond motifs is 2. The van der Waals surface area contributed by atoms with Gasteiger partial charge in [0, 0.05) is 24.5 Å². The zero-order valence-corrected chi connectivity index (χ0v) is 16.2. The summed E-state index contributed by atoms with van der Waals surface area (Å²) in [4.78, 5) is 28.3. The SMILES string of the molecule is NC(CO)C(=O)N1CCC2(CC1)OCCc1cc(C(=O)NCC3CC3)sc12. The lowest BCUT2D eigenvalue weighted by Crippen LogP contribution is -2.52. The fraction of sp³-hybridized carbons (Fsp3) is 0.684. The zero-order valence-electron chi connectivity index (χ0n) is 15.4. The Morgan fingerprint density at radius 3 is 2.81 bits per heavy atom. The maximum absolute atomic E-state index is 12.5. The third-order valence-electron chi connectivity index (χ3n) is 5.84. The van der Waals surface area contributed by atoms with Gasteiger partial charge in [-0.05, 0) is 49.7 Å². The van der Waals surface area contributed by atoms with Gasteiger partial charge in [-0.25, -0.2) is 0 Å². The van der Waals surface area contributed by atoms with Gasteiger partial charge in [0.25, 0.3) is 5.91 Å². The highest BCUT2D eigenvalue weighted by Gasteiger charge is 2.44. The molecule has 1 saturated carbocycles. The first-order valence-electron chi connectivity index (χ1n) is 9.73. The summed E-state index contributed by atoms with van der Waals surface area (Å²) < 4.78 is 6.21. The predicted molar refractivity (Wildman–Crippen MR) is 102 cm³/mol. The van der Waals surface area contributed by atoms with Gasteiger partial charge in [-0.3, -0.25) is 9.59 Å². The van der Waals surface area contributed by atoms with Crippen molar-refractivity contribution >= 4 is 23.2 Å². The first-order valence-corrected chi connectivity index (χ1v) is 10.5. The Kier molecular flexibility index (Phi) is 5.24. The van der Waals surface area contributed by atoms with E-state index in [2.05, 4.69) is 5.32 Å². The van der Waals surface area contributed by atoms with Crippen molar-refractivity contribution in [2.24, 2.45) is 11.7 Å². The molecule has 0 bridgehead atoms. The number of hydrogen-bond acceptors (Lipinski definition) is 6. The summed E-state index contributed by atoms with van der Waals surface area (Å²) in [5, 5.41) is 12.2. The van der Waals surface area contributed by atoms with Crippen molar-refractivity contribution in [3.8, 4) is 0 Å². The van der Waals surface area contributed by atoms with E-state index in [-0.39, 0.29) is 18.4 Å². The minimum atomic E-state index is -0.856. The third-order valence-corrected chi connectivity index (χ3v) is 7.20. The number of nitrogens with zero attached hydrogens (tertiary/aromatic N) is 1. The van der Waals surface area contributed by atoms with Crippen molar-refractivity contribution < 1.29 is 19.4 Å². The van der Waals surface area contributed by atoms with E-state index in [1.165, 1.54) is 29.7 Å². The van der Waals surface area contributed by atoms with Crippen molar-refractivity contribution in [1.29, 1.82) is 0 Å². The smallest absolute Gasteiger partial charge is 0.261 e. The van der Waals surface area contributed by atoms with E-state index < -0.39 is 11.6 Å². The van der Waals surface area contributed by atoms with Crippen LogP contribution in [0.3, 0.4) is 0 Å².